The zero-order valence-corrected chi connectivity index (χ0v) is 11.1. The molecular formula is C12H11F4N3O3. The number of carbonyl (C=O) groups excluding carboxylic acids is 1. The maximum atomic E-state index is 13.8. The standard InChI is InChI=1S/C12H11F4N3O3/c13-9-5-8(19(21)22)1-2-10(9)18-4-3-7(6-18)17-11(20)12(14,15)16/h1-2,5,7H,3-4,6H2,(H,17,20). The van der Waals surface area contributed by atoms with Crippen LogP contribution < -0.4 is 10.2 Å². The van der Waals surface area contributed by atoms with Crippen molar-refractivity contribution in [3.63, 3.8) is 0 Å². The fraction of sp³-hybridized carbons (Fsp3) is 0.417. The van der Waals surface area contributed by atoms with Gasteiger partial charge in [0.15, 0.2) is 5.82 Å². The number of carbonyl (C=O) groups is 1. The first kappa shape index (κ1) is 16.0. The maximum Gasteiger partial charge on any atom is 0.471 e. The van der Waals surface area contributed by atoms with E-state index in [1.165, 1.54) is 11.0 Å². The van der Waals surface area contributed by atoms with E-state index in [0.717, 1.165) is 12.1 Å². The summed E-state index contributed by atoms with van der Waals surface area (Å²) in [6.07, 6.45) is -4.75. The molecule has 1 aromatic rings. The van der Waals surface area contributed by atoms with E-state index < -0.39 is 34.6 Å². The Balaban J connectivity index is 2.04. The quantitative estimate of drug-likeness (QED) is 0.525. The lowest BCUT2D eigenvalue weighted by atomic mass is 10.2. The molecule has 1 atom stereocenters. The molecule has 0 bridgehead atoms. The second-order valence-corrected chi connectivity index (χ2v) is 4.80. The highest BCUT2D eigenvalue weighted by atomic mass is 19.4. The normalized spacial score (nSPS) is 18.4. The molecule has 0 aliphatic carbocycles. The summed E-state index contributed by atoms with van der Waals surface area (Å²) in [6, 6.07) is 2.29. The van der Waals surface area contributed by atoms with Gasteiger partial charge in [-0.2, -0.15) is 13.2 Å². The molecule has 0 radical (unpaired) electrons. The molecule has 1 heterocycles. The molecule has 0 saturated carbocycles. The Morgan fingerprint density at radius 2 is 2.09 bits per heavy atom. The number of nitrogens with one attached hydrogen (secondary N) is 1. The number of benzene rings is 1. The molecule has 1 aliphatic rings. The third kappa shape index (κ3) is 3.43. The van der Waals surface area contributed by atoms with Crippen LogP contribution in [0, 0.1) is 15.9 Å². The zero-order valence-electron chi connectivity index (χ0n) is 11.1. The first-order valence-electron chi connectivity index (χ1n) is 6.25. The fourth-order valence-corrected chi connectivity index (χ4v) is 2.23. The lowest BCUT2D eigenvalue weighted by Gasteiger charge is -2.19. The Morgan fingerprint density at radius 1 is 1.41 bits per heavy atom. The van der Waals surface area contributed by atoms with Gasteiger partial charge in [0.05, 0.1) is 16.7 Å². The van der Waals surface area contributed by atoms with Crippen LogP contribution in [0.15, 0.2) is 18.2 Å². The van der Waals surface area contributed by atoms with Crippen LogP contribution in [0.5, 0.6) is 0 Å². The van der Waals surface area contributed by atoms with Crippen LogP contribution in [0.3, 0.4) is 0 Å². The van der Waals surface area contributed by atoms with E-state index in [2.05, 4.69) is 0 Å². The van der Waals surface area contributed by atoms with E-state index >= 15 is 0 Å². The zero-order chi connectivity index (χ0) is 16.5. The van der Waals surface area contributed by atoms with Crippen molar-refractivity contribution in [2.45, 2.75) is 18.6 Å². The molecule has 1 aromatic carbocycles. The summed E-state index contributed by atoms with van der Waals surface area (Å²) in [6.45, 7) is 0.230. The Bertz CT molecular complexity index is 606. The molecule has 1 fully saturated rings. The number of nitrogens with zero attached hydrogens (tertiary/aromatic N) is 2. The average Bonchev–Trinajstić information content (AvgIpc) is 2.85. The van der Waals surface area contributed by atoms with Crippen LogP contribution in [-0.2, 0) is 4.79 Å². The topological polar surface area (TPSA) is 75.5 Å². The number of halogens is 4. The van der Waals surface area contributed by atoms with E-state index in [-0.39, 0.29) is 25.2 Å². The number of nitro groups is 1. The van der Waals surface area contributed by atoms with Gasteiger partial charge >= 0.3 is 12.1 Å². The molecule has 0 spiro atoms. The van der Waals surface area contributed by atoms with Gasteiger partial charge in [-0.25, -0.2) is 4.39 Å². The minimum atomic E-state index is -4.97. The predicted octanol–water partition coefficient (Wildman–Crippen LogP) is 1.99. The van der Waals surface area contributed by atoms with E-state index in [4.69, 9.17) is 0 Å². The van der Waals surface area contributed by atoms with E-state index in [1.54, 1.807) is 0 Å². The Kier molecular flexibility index (Phi) is 4.20. The average molecular weight is 321 g/mol. The smallest absolute Gasteiger partial charge is 0.367 e. The van der Waals surface area contributed by atoms with E-state index in [0.29, 0.717) is 0 Å². The summed E-state index contributed by atoms with van der Waals surface area (Å²) in [7, 11) is 0. The van der Waals surface area contributed by atoms with Gasteiger partial charge in [-0.05, 0) is 12.5 Å². The van der Waals surface area contributed by atoms with Crippen LogP contribution in [0.4, 0.5) is 28.9 Å². The molecule has 10 heteroatoms. The summed E-state index contributed by atoms with van der Waals surface area (Å²) in [5, 5.41) is 12.4. The van der Waals surface area contributed by atoms with Crippen molar-refractivity contribution in [1.29, 1.82) is 0 Å². The highest BCUT2D eigenvalue weighted by Crippen LogP contribution is 2.27. The maximum absolute atomic E-state index is 13.8. The predicted molar refractivity (Wildman–Crippen MR) is 67.9 cm³/mol. The first-order valence-corrected chi connectivity index (χ1v) is 6.25. The van der Waals surface area contributed by atoms with E-state index in [9.17, 15) is 32.5 Å². The molecule has 1 N–H and O–H groups in total. The summed E-state index contributed by atoms with van der Waals surface area (Å²) >= 11 is 0. The number of anilines is 1. The third-order valence-electron chi connectivity index (χ3n) is 3.26. The first-order chi connectivity index (χ1) is 10.2. The van der Waals surface area contributed by atoms with Gasteiger partial charge in [0.1, 0.15) is 0 Å². The van der Waals surface area contributed by atoms with Crippen LogP contribution in [-0.4, -0.2) is 36.1 Å². The van der Waals surface area contributed by atoms with Crippen LogP contribution in [0.1, 0.15) is 6.42 Å². The summed E-state index contributed by atoms with van der Waals surface area (Å²) in [5.41, 5.74) is -0.364. The number of hydrogen-bond donors (Lipinski definition) is 1. The highest BCUT2D eigenvalue weighted by Gasteiger charge is 2.40. The number of alkyl halides is 3. The van der Waals surface area contributed by atoms with Crippen molar-refractivity contribution < 1.29 is 27.3 Å². The van der Waals surface area contributed by atoms with Crippen LogP contribution >= 0.6 is 0 Å². The molecule has 0 aromatic heterocycles. The number of non-ortho nitro benzene ring substituents is 1. The van der Waals surface area contributed by atoms with Crippen molar-refractivity contribution in [2.75, 3.05) is 18.0 Å². The minimum absolute atomic E-state index is 0.00342. The SMILES string of the molecule is O=C(NC1CCN(c2ccc([N+](=O)[O-])cc2F)C1)C(F)(F)F. The number of rotatable bonds is 3. The largest absolute Gasteiger partial charge is 0.471 e. The monoisotopic (exact) mass is 321 g/mol. The molecule has 2 rings (SSSR count). The van der Waals surface area contributed by atoms with Crippen molar-refractivity contribution >= 4 is 17.3 Å². The van der Waals surface area contributed by atoms with Gasteiger partial charge in [0.2, 0.25) is 0 Å². The molecule has 120 valence electrons. The Hall–Kier alpha value is -2.39. The van der Waals surface area contributed by atoms with E-state index in [1.807, 2.05) is 5.32 Å². The minimum Gasteiger partial charge on any atom is -0.367 e. The third-order valence-corrected chi connectivity index (χ3v) is 3.26. The second-order valence-electron chi connectivity index (χ2n) is 4.80. The van der Waals surface area contributed by atoms with Gasteiger partial charge in [0.25, 0.3) is 5.69 Å². The number of nitro benzene ring substituents is 1. The van der Waals surface area contributed by atoms with Gasteiger partial charge in [-0.3, -0.25) is 14.9 Å². The van der Waals surface area contributed by atoms with Crippen molar-refractivity contribution in [2.24, 2.45) is 0 Å². The molecule has 1 saturated heterocycles. The van der Waals surface area contributed by atoms with Gasteiger partial charge in [0, 0.05) is 25.2 Å². The Labute approximate surface area is 121 Å². The highest BCUT2D eigenvalue weighted by molar-refractivity contribution is 5.82. The van der Waals surface area contributed by atoms with Gasteiger partial charge < -0.3 is 10.2 Å². The van der Waals surface area contributed by atoms with Crippen LogP contribution in [0.25, 0.3) is 0 Å². The molecule has 1 unspecified atom stereocenters. The molecule has 22 heavy (non-hydrogen) atoms. The fourth-order valence-electron chi connectivity index (χ4n) is 2.23. The summed E-state index contributed by atoms with van der Waals surface area (Å²) in [4.78, 5) is 22.1. The lowest BCUT2D eigenvalue weighted by molar-refractivity contribution is -0.385. The van der Waals surface area contributed by atoms with Crippen molar-refractivity contribution in [1.82, 2.24) is 5.32 Å². The molecule has 1 amide bonds. The number of amides is 1. The lowest BCUT2D eigenvalue weighted by Crippen LogP contribution is -2.44. The van der Waals surface area contributed by atoms with Gasteiger partial charge in [-0.1, -0.05) is 0 Å². The number of hydrogen-bond acceptors (Lipinski definition) is 4. The second kappa shape index (κ2) is 5.78. The van der Waals surface area contributed by atoms with Crippen LogP contribution in [0.2, 0.25) is 0 Å². The Morgan fingerprint density at radius 3 is 2.64 bits per heavy atom. The van der Waals surface area contributed by atoms with Crippen molar-refractivity contribution in [3.8, 4) is 0 Å². The van der Waals surface area contributed by atoms with Gasteiger partial charge in [-0.15, -0.1) is 0 Å². The molecule has 1 aliphatic heterocycles. The van der Waals surface area contributed by atoms with Crippen molar-refractivity contribution in [3.05, 3.63) is 34.1 Å². The summed E-state index contributed by atoms with van der Waals surface area (Å²) in [5.74, 6) is -2.87. The molecule has 6 nitrogen and oxygen atoms in total. The molecular weight excluding hydrogens is 310 g/mol. The summed E-state index contributed by atoms with van der Waals surface area (Å²) < 4.78 is 50.3.